The van der Waals surface area contributed by atoms with Crippen LogP contribution in [0, 0.1) is 6.92 Å². The number of nitrogens with zero attached hydrogens (tertiary/aromatic N) is 1. The number of aryl methyl sites for hydroxylation is 1. The zero-order chi connectivity index (χ0) is 13.5. The standard InChI is InChI=1S/C12H16N2O4/c1-8-3-4-9(7-13-8)11(15)14-10(12(16)17)5-6-18-2/h3-4,7,10H,5-6H2,1-2H3,(H,14,15)(H,16,17). The summed E-state index contributed by atoms with van der Waals surface area (Å²) in [4.78, 5) is 26.7. The molecule has 0 fully saturated rings. The smallest absolute Gasteiger partial charge is 0.326 e. The summed E-state index contributed by atoms with van der Waals surface area (Å²) in [5.41, 5.74) is 1.13. The monoisotopic (exact) mass is 252 g/mol. The van der Waals surface area contributed by atoms with E-state index in [0.29, 0.717) is 5.56 Å². The summed E-state index contributed by atoms with van der Waals surface area (Å²) in [5.74, 6) is -1.54. The molecular formula is C12H16N2O4. The maximum absolute atomic E-state index is 11.8. The van der Waals surface area contributed by atoms with Crippen LogP contribution in [0.1, 0.15) is 22.5 Å². The van der Waals surface area contributed by atoms with E-state index in [2.05, 4.69) is 10.3 Å². The second-order valence-corrected chi connectivity index (χ2v) is 3.83. The topological polar surface area (TPSA) is 88.5 Å². The van der Waals surface area contributed by atoms with Gasteiger partial charge in [-0.25, -0.2) is 4.79 Å². The van der Waals surface area contributed by atoms with Crippen molar-refractivity contribution in [1.82, 2.24) is 10.3 Å². The Morgan fingerprint density at radius 2 is 2.22 bits per heavy atom. The number of carboxylic acids is 1. The van der Waals surface area contributed by atoms with Gasteiger partial charge in [0.15, 0.2) is 0 Å². The van der Waals surface area contributed by atoms with Gasteiger partial charge in [0.2, 0.25) is 0 Å². The first-order valence-electron chi connectivity index (χ1n) is 5.50. The number of rotatable bonds is 6. The molecule has 6 nitrogen and oxygen atoms in total. The predicted molar refractivity (Wildman–Crippen MR) is 64.4 cm³/mol. The summed E-state index contributed by atoms with van der Waals surface area (Å²) in [6, 6.07) is 2.34. The van der Waals surface area contributed by atoms with Crippen LogP contribution in [0.25, 0.3) is 0 Å². The Bertz CT molecular complexity index is 417. The zero-order valence-electron chi connectivity index (χ0n) is 10.3. The first-order valence-corrected chi connectivity index (χ1v) is 5.50. The highest BCUT2D eigenvalue weighted by molar-refractivity contribution is 5.96. The van der Waals surface area contributed by atoms with Crippen LogP contribution in [0.4, 0.5) is 0 Å². The van der Waals surface area contributed by atoms with Crippen molar-refractivity contribution < 1.29 is 19.4 Å². The van der Waals surface area contributed by atoms with Gasteiger partial charge in [-0.2, -0.15) is 0 Å². The van der Waals surface area contributed by atoms with E-state index in [-0.39, 0.29) is 13.0 Å². The molecule has 1 amide bonds. The van der Waals surface area contributed by atoms with E-state index in [0.717, 1.165) is 5.69 Å². The zero-order valence-corrected chi connectivity index (χ0v) is 10.3. The van der Waals surface area contributed by atoms with Crippen LogP contribution in [0.3, 0.4) is 0 Å². The maximum Gasteiger partial charge on any atom is 0.326 e. The highest BCUT2D eigenvalue weighted by atomic mass is 16.5. The van der Waals surface area contributed by atoms with Gasteiger partial charge in [0.1, 0.15) is 6.04 Å². The molecule has 18 heavy (non-hydrogen) atoms. The number of carbonyl (C=O) groups is 2. The second-order valence-electron chi connectivity index (χ2n) is 3.83. The number of amides is 1. The van der Waals surface area contributed by atoms with E-state index in [1.54, 1.807) is 19.1 Å². The fourth-order valence-electron chi connectivity index (χ4n) is 1.34. The normalized spacial score (nSPS) is 11.9. The van der Waals surface area contributed by atoms with Crippen molar-refractivity contribution in [2.24, 2.45) is 0 Å². The van der Waals surface area contributed by atoms with Crippen LogP contribution in [0.15, 0.2) is 18.3 Å². The molecule has 1 aromatic rings. The molecular weight excluding hydrogens is 236 g/mol. The molecule has 1 atom stereocenters. The third kappa shape index (κ3) is 4.14. The van der Waals surface area contributed by atoms with Gasteiger partial charge < -0.3 is 15.2 Å². The molecule has 1 aromatic heterocycles. The van der Waals surface area contributed by atoms with Gasteiger partial charge in [0, 0.05) is 32.0 Å². The number of aromatic nitrogens is 1. The lowest BCUT2D eigenvalue weighted by Gasteiger charge is -2.13. The van der Waals surface area contributed by atoms with Gasteiger partial charge in [-0.05, 0) is 19.1 Å². The number of ether oxygens (including phenoxy) is 1. The third-order valence-electron chi connectivity index (χ3n) is 2.39. The van der Waals surface area contributed by atoms with Crippen molar-refractivity contribution in [2.75, 3.05) is 13.7 Å². The number of carbonyl (C=O) groups excluding carboxylic acids is 1. The molecule has 0 bridgehead atoms. The number of hydrogen-bond donors (Lipinski definition) is 2. The molecule has 1 rings (SSSR count). The number of hydrogen-bond acceptors (Lipinski definition) is 4. The van der Waals surface area contributed by atoms with Gasteiger partial charge in [-0.15, -0.1) is 0 Å². The summed E-state index contributed by atoms with van der Waals surface area (Å²) in [7, 11) is 1.48. The van der Waals surface area contributed by atoms with Crippen LogP contribution in [0.5, 0.6) is 0 Å². The van der Waals surface area contributed by atoms with Gasteiger partial charge in [0.05, 0.1) is 5.56 Å². The Balaban J connectivity index is 2.66. The lowest BCUT2D eigenvalue weighted by molar-refractivity contribution is -0.139. The van der Waals surface area contributed by atoms with E-state index >= 15 is 0 Å². The van der Waals surface area contributed by atoms with E-state index in [1.165, 1.54) is 13.3 Å². The molecule has 0 aliphatic carbocycles. The van der Waals surface area contributed by atoms with Crippen LogP contribution >= 0.6 is 0 Å². The molecule has 1 heterocycles. The minimum atomic E-state index is -1.08. The van der Waals surface area contributed by atoms with Gasteiger partial charge in [-0.3, -0.25) is 9.78 Å². The number of methoxy groups -OCH3 is 1. The van der Waals surface area contributed by atoms with Crippen molar-refractivity contribution in [3.8, 4) is 0 Å². The molecule has 0 aromatic carbocycles. The van der Waals surface area contributed by atoms with E-state index in [4.69, 9.17) is 9.84 Å². The minimum absolute atomic E-state index is 0.219. The first-order chi connectivity index (χ1) is 8.54. The van der Waals surface area contributed by atoms with Crippen molar-refractivity contribution in [3.63, 3.8) is 0 Å². The summed E-state index contributed by atoms with van der Waals surface area (Å²) >= 11 is 0. The predicted octanol–water partition coefficient (Wildman–Crippen LogP) is 0.610. The molecule has 2 N–H and O–H groups in total. The lowest BCUT2D eigenvalue weighted by atomic mass is 10.2. The van der Waals surface area contributed by atoms with Crippen LogP contribution in [-0.4, -0.2) is 41.7 Å². The Morgan fingerprint density at radius 3 is 2.72 bits per heavy atom. The first kappa shape index (κ1) is 14.1. The van der Waals surface area contributed by atoms with E-state index in [1.807, 2.05) is 0 Å². The van der Waals surface area contributed by atoms with Crippen molar-refractivity contribution >= 4 is 11.9 Å². The Morgan fingerprint density at radius 1 is 1.50 bits per heavy atom. The molecule has 0 aliphatic heterocycles. The number of aliphatic carboxylic acids is 1. The molecule has 1 unspecified atom stereocenters. The average molecular weight is 252 g/mol. The molecule has 0 saturated carbocycles. The largest absolute Gasteiger partial charge is 0.480 e. The number of nitrogens with one attached hydrogen (secondary N) is 1. The van der Waals surface area contributed by atoms with Crippen LogP contribution in [0.2, 0.25) is 0 Å². The Kier molecular flexibility index (Phi) is 5.26. The molecule has 0 spiro atoms. The third-order valence-corrected chi connectivity index (χ3v) is 2.39. The highest BCUT2D eigenvalue weighted by Crippen LogP contribution is 2.01. The highest BCUT2D eigenvalue weighted by Gasteiger charge is 2.20. The summed E-state index contributed by atoms with van der Waals surface area (Å²) in [6.45, 7) is 2.07. The summed E-state index contributed by atoms with van der Waals surface area (Å²) < 4.78 is 4.80. The molecule has 0 radical (unpaired) electrons. The van der Waals surface area contributed by atoms with E-state index in [9.17, 15) is 9.59 Å². The van der Waals surface area contributed by atoms with Crippen LogP contribution in [-0.2, 0) is 9.53 Å². The number of pyridine rings is 1. The van der Waals surface area contributed by atoms with Gasteiger partial charge >= 0.3 is 5.97 Å². The quantitative estimate of drug-likeness (QED) is 0.774. The molecule has 6 heteroatoms. The minimum Gasteiger partial charge on any atom is -0.480 e. The van der Waals surface area contributed by atoms with E-state index < -0.39 is 17.9 Å². The average Bonchev–Trinajstić information content (AvgIpc) is 2.34. The summed E-state index contributed by atoms with van der Waals surface area (Å²) in [6.07, 6.45) is 1.64. The lowest BCUT2D eigenvalue weighted by Crippen LogP contribution is -2.41. The fourth-order valence-corrected chi connectivity index (χ4v) is 1.34. The second kappa shape index (κ2) is 6.70. The molecule has 0 aliphatic rings. The fraction of sp³-hybridized carbons (Fsp3) is 0.417. The molecule has 0 saturated heterocycles. The van der Waals surface area contributed by atoms with Gasteiger partial charge in [-0.1, -0.05) is 0 Å². The molecule has 98 valence electrons. The van der Waals surface area contributed by atoms with Gasteiger partial charge in [0.25, 0.3) is 5.91 Å². The Hall–Kier alpha value is -1.95. The Labute approximate surface area is 105 Å². The van der Waals surface area contributed by atoms with Crippen molar-refractivity contribution in [3.05, 3.63) is 29.6 Å². The number of carboxylic acid groups (broad SMARTS) is 1. The SMILES string of the molecule is COCCC(NC(=O)c1ccc(C)nc1)C(=O)O. The van der Waals surface area contributed by atoms with Crippen LogP contribution < -0.4 is 5.32 Å². The van der Waals surface area contributed by atoms with Crippen molar-refractivity contribution in [1.29, 1.82) is 0 Å². The maximum atomic E-state index is 11.8. The summed E-state index contributed by atoms with van der Waals surface area (Å²) in [5, 5.41) is 11.4. The van der Waals surface area contributed by atoms with Crippen molar-refractivity contribution in [2.45, 2.75) is 19.4 Å².